The molecule has 2 aromatic carbocycles. The molecule has 1 aromatic heterocycles. The zero-order chi connectivity index (χ0) is 17.9. The smallest absolute Gasteiger partial charge is 0.238 e. The molecule has 0 radical (unpaired) electrons. The molecule has 1 amide bonds. The second-order valence-electron chi connectivity index (χ2n) is 6.81. The highest BCUT2D eigenvalue weighted by molar-refractivity contribution is 6.09. The van der Waals surface area contributed by atoms with Crippen LogP contribution in [0.4, 0.5) is 5.69 Å². The third-order valence-corrected chi connectivity index (χ3v) is 5.05. The van der Waals surface area contributed by atoms with Gasteiger partial charge in [-0.3, -0.25) is 4.79 Å². The minimum atomic E-state index is -0.0263. The Balaban J connectivity index is 1.48. The minimum Gasteiger partial charge on any atom is -0.377 e. The number of carbonyl (C=O) groups excluding carboxylic acids is 1. The van der Waals surface area contributed by atoms with Crippen molar-refractivity contribution >= 4 is 33.4 Å². The van der Waals surface area contributed by atoms with Crippen LogP contribution in [0.25, 0.3) is 21.8 Å². The maximum Gasteiger partial charge on any atom is 0.238 e. The first-order valence-electron chi connectivity index (χ1n) is 9.39. The van der Waals surface area contributed by atoms with E-state index in [1.165, 1.54) is 21.8 Å². The predicted octanol–water partition coefficient (Wildman–Crippen LogP) is 3.52. The van der Waals surface area contributed by atoms with Crippen molar-refractivity contribution in [1.82, 2.24) is 9.88 Å². The summed E-state index contributed by atoms with van der Waals surface area (Å²) >= 11 is 0. The fraction of sp³-hybridized carbons (Fsp3) is 0.381. The first-order chi connectivity index (χ1) is 12.8. The summed E-state index contributed by atoms with van der Waals surface area (Å²) < 4.78 is 7.86. The number of rotatable bonds is 6. The van der Waals surface area contributed by atoms with Crippen LogP contribution in [-0.4, -0.2) is 36.3 Å². The number of aromatic nitrogens is 1. The number of nitrogens with zero attached hydrogens (tertiary/aromatic N) is 1. The number of amides is 1. The van der Waals surface area contributed by atoms with Crippen LogP contribution in [-0.2, 0) is 16.1 Å². The molecule has 2 heterocycles. The fourth-order valence-electron chi connectivity index (χ4n) is 3.83. The normalized spacial score (nSPS) is 17.2. The Labute approximate surface area is 153 Å². The number of fused-ring (bicyclic) bond motifs is 3. The number of hydrogen-bond acceptors (Lipinski definition) is 3. The van der Waals surface area contributed by atoms with Crippen LogP contribution in [0, 0.1) is 0 Å². The summed E-state index contributed by atoms with van der Waals surface area (Å²) in [5.74, 6) is -0.0263. The zero-order valence-electron chi connectivity index (χ0n) is 15.1. The molecular weight excluding hydrogens is 326 g/mol. The Morgan fingerprint density at radius 3 is 2.85 bits per heavy atom. The lowest BCUT2D eigenvalue weighted by atomic mass is 10.1. The number of carbonyl (C=O) groups is 1. The Bertz CT molecular complexity index is 926. The monoisotopic (exact) mass is 351 g/mol. The summed E-state index contributed by atoms with van der Waals surface area (Å²) in [4.78, 5) is 12.2. The van der Waals surface area contributed by atoms with Crippen molar-refractivity contribution in [3.05, 3.63) is 42.5 Å². The predicted molar refractivity (Wildman–Crippen MR) is 106 cm³/mol. The fourth-order valence-corrected chi connectivity index (χ4v) is 3.83. The van der Waals surface area contributed by atoms with Gasteiger partial charge in [-0.25, -0.2) is 0 Å². The maximum absolute atomic E-state index is 12.2. The van der Waals surface area contributed by atoms with Crippen molar-refractivity contribution in [3.63, 3.8) is 0 Å². The summed E-state index contributed by atoms with van der Waals surface area (Å²) in [6, 6.07) is 14.5. The van der Waals surface area contributed by atoms with Gasteiger partial charge in [0.25, 0.3) is 0 Å². The van der Waals surface area contributed by atoms with Crippen LogP contribution >= 0.6 is 0 Å². The second-order valence-corrected chi connectivity index (χ2v) is 6.81. The zero-order valence-corrected chi connectivity index (χ0v) is 15.1. The first-order valence-corrected chi connectivity index (χ1v) is 9.39. The van der Waals surface area contributed by atoms with Gasteiger partial charge in [-0.05, 0) is 44.0 Å². The Morgan fingerprint density at radius 2 is 2.04 bits per heavy atom. The molecule has 0 unspecified atom stereocenters. The molecular formula is C21H25N3O2. The number of para-hydroxylation sites is 1. The second kappa shape index (κ2) is 7.48. The van der Waals surface area contributed by atoms with Crippen LogP contribution in [0.1, 0.15) is 19.8 Å². The molecule has 1 aliphatic heterocycles. The Morgan fingerprint density at radius 1 is 1.19 bits per heavy atom. The van der Waals surface area contributed by atoms with E-state index in [0.717, 1.165) is 38.2 Å². The van der Waals surface area contributed by atoms with Gasteiger partial charge in [0.05, 0.1) is 12.6 Å². The minimum absolute atomic E-state index is 0.0263. The molecule has 0 bridgehead atoms. The van der Waals surface area contributed by atoms with Crippen molar-refractivity contribution in [3.8, 4) is 0 Å². The van der Waals surface area contributed by atoms with Crippen molar-refractivity contribution in [1.29, 1.82) is 0 Å². The van der Waals surface area contributed by atoms with Gasteiger partial charge in [-0.1, -0.05) is 18.2 Å². The molecule has 1 fully saturated rings. The van der Waals surface area contributed by atoms with Crippen LogP contribution in [0.15, 0.2) is 42.5 Å². The molecule has 26 heavy (non-hydrogen) atoms. The number of hydrogen-bond donors (Lipinski definition) is 2. The van der Waals surface area contributed by atoms with E-state index in [-0.39, 0.29) is 12.0 Å². The third kappa shape index (κ3) is 3.32. The van der Waals surface area contributed by atoms with Gasteiger partial charge >= 0.3 is 0 Å². The highest BCUT2D eigenvalue weighted by Crippen LogP contribution is 2.30. The molecule has 1 saturated heterocycles. The summed E-state index contributed by atoms with van der Waals surface area (Å²) in [6.07, 6.45) is 2.44. The summed E-state index contributed by atoms with van der Waals surface area (Å²) in [5.41, 5.74) is 3.26. The number of nitrogens with one attached hydrogen (secondary N) is 2. The summed E-state index contributed by atoms with van der Waals surface area (Å²) in [6.45, 7) is 4.94. The van der Waals surface area contributed by atoms with Crippen LogP contribution in [0.2, 0.25) is 0 Å². The van der Waals surface area contributed by atoms with Crippen LogP contribution in [0.3, 0.4) is 0 Å². The van der Waals surface area contributed by atoms with E-state index in [9.17, 15) is 4.79 Å². The van der Waals surface area contributed by atoms with Gasteiger partial charge in [-0.15, -0.1) is 0 Å². The van der Waals surface area contributed by atoms with E-state index in [1.807, 2.05) is 6.07 Å². The van der Waals surface area contributed by atoms with Crippen molar-refractivity contribution in [2.45, 2.75) is 32.4 Å². The van der Waals surface area contributed by atoms with E-state index in [2.05, 4.69) is 58.5 Å². The van der Waals surface area contributed by atoms with Gasteiger partial charge in [0, 0.05) is 47.2 Å². The van der Waals surface area contributed by atoms with E-state index >= 15 is 0 Å². The van der Waals surface area contributed by atoms with Gasteiger partial charge in [0.1, 0.15) is 0 Å². The molecule has 136 valence electrons. The largest absolute Gasteiger partial charge is 0.377 e. The van der Waals surface area contributed by atoms with Gasteiger partial charge < -0.3 is 19.9 Å². The topological polar surface area (TPSA) is 55.3 Å². The lowest BCUT2D eigenvalue weighted by Gasteiger charge is -2.11. The molecule has 1 aliphatic rings. The van der Waals surface area contributed by atoms with Crippen LogP contribution < -0.4 is 10.6 Å². The molecule has 5 nitrogen and oxygen atoms in total. The molecule has 0 saturated carbocycles. The van der Waals surface area contributed by atoms with Gasteiger partial charge in [0.15, 0.2) is 0 Å². The molecule has 1 atom stereocenters. The SMILES string of the molecule is CCn1c2ccccc2c2cc(NC(=O)CNC[C@H]3CCCO3)ccc21. The van der Waals surface area contributed by atoms with Crippen LogP contribution in [0.5, 0.6) is 0 Å². The van der Waals surface area contributed by atoms with E-state index < -0.39 is 0 Å². The maximum atomic E-state index is 12.2. The number of benzene rings is 2. The molecule has 2 N–H and O–H groups in total. The Kier molecular flexibility index (Phi) is 4.91. The summed E-state index contributed by atoms with van der Waals surface area (Å²) in [7, 11) is 0. The van der Waals surface area contributed by atoms with Crippen molar-refractivity contribution in [2.24, 2.45) is 0 Å². The molecule has 5 heteroatoms. The standard InChI is InChI=1S/C21H25N3O2/c1-2-24-19-8-4-3-7-17(19)18-12-15(9-10-20(18)24)23-21(25)14-22-13-16-6-5-11-26-16/h3-4,7-10,12,16,22H,2,5-6,11,13-14H2,1H3,(H,23,25)/t16-/m1/s1. The third-order valence-electron chi connectivity index (χ3n) is 5.05. The lowest BCUT2D eigenvalue weighted by molar-refractivity contribution is -0.115. The van der Waals surface area contributed by atoms with Crippen molar-refractivity contribution < 1.29 is 9.53 Å². The van der Waals surface area contributed by atoms with Crippen molar-refractivity contribution in [2.75, 3.05) is 25.0 Å². The number of ether oxygens (including phenoxy) is 1. The molecule has 3 aromatic rings. The van der Waals surface area contributed by atoms with E-state index in [0.29, 0.717) is 6.54 Å². The van der Waals surface area contributed by atoms with E-state index in [1.54, 1.807) is 0 Å². The highest BCUT2D eigenvalue weighted by Gasteiger charge is 2.15. The number of anilines is 1. The Hall–Kier alpha value is -2.37. The molecule has 4 rings (SSSR count). The lowest BCUT2D eigenvalue weighted by Crippen LogP contribution is -2.33. The average molecular weight is 351 g/mol. The van der Waals surface area contributed by atoms with E-state index in [4.69, 9.17) is 4.74 Å². The molecule has 0 aliphatic carbocycles. The molecule has 0 spiro atoms. The average Bonchev–Trinajstić information content (AvgIpc) is 3.27. The highest BCUT2D eigenvalue weighted by atomic mass is 16.5. The number of aryl methyl sites for hydroxylation is 1. The summed E-state index contributed by atoms with van der Waals surface area (Å²) in [5, 5.41) is 8.58. The quantitative estimate of drug-likeness (QED) is 0.714. The van der Waals surface area contributed by atoms with Gasteiger partial charge in [0.2, 0.25) is 5.91 Å². The first kappa shape index (κ1) is 17.1. The van der Waals surface area contributed by atoms with Gasteiger partial charge in [-0.2, -0.15) is 0 Å².